The summed E-state index contributed by atoms with van der Waals surface area (Å²) in [5.41, 5.74) is 1.50. The van der Waals surface area contributed by atoms with Crippen molar-refractivity contribution in [3.05, 3.63) is 29.8 Å². The van der Waals surface area contributed by atoms with Gasteiger partial charge >= 0.3 is 0 Å². The van der Waals surface area contributed by atoms with Crippen LogP contribution >= 0.6 is 27.7 Å². The summed E-state index contributed by atoms with van der Waals surface area (Å²) in [6, 6.07) is 9.05. The standard InChI is InChI=1S/C17H27BrS/c1-19-17-13-11-16(12-14-17)10-8-6-4-2-3-5-7-9-15-18/h11-14H,2-10,15H2,1H3. The van der Waals surface area contributed by atoms with Crippen molar-refractivity contribution in [1.29, 1.82) is 0 Å². The van der Waals surface area contributed by atoms with E-state index in [9.17, 15) is 0 Å². The van der Waals surface area contributed by atoms with Gasteiger partial charge in [-0.25, -0.2) is 0 Å². The predicted octanol–water partition coefficient (Wildman–Crippen LogP) is 6.47. The zero-order chi connectivity index (χ0) is 13.8. The molecule has 108 valence electrons. The zero-order valence-electron chi connectivity index (χ0n) is 12.2. The Morgan fingerprint density at radius 2 is 1.32 bits per heavy atom. The number of thioether (sulfide) groups is 1. The van der Waals surface area contributed by atoms with Crippen molar-refractivity contribution in [2.24, 2.45) is 0 Å². The lowest BCUT2D eigenvalue weighted by molar-refractivity contribution is 0.577. The van der Waals surface area contributed by atoms with Crippen molar-refractivity contribution in [3.63, 3.8) is 0 Å². The third-order valence-corrected chi connectivity index (χ3v) is 4.81. The highest BCUT2D eigenvalue weighted by Crippen LogP contribution is 2.16. The van der Waals surface area contributed by atoms with Gasteiger partial charge in [0.2, 0.25) is 0 Å². The molecule has 0 bridgehead atoms. The van der Waals surface area contributed by atoms with Gasteiger partial charge in [-0.2, -0.15) is 0 Å². The molecule has 0 fully saturated rings. The highest BCUT2D eigenvalue weighted by atomic mass is 79.9. The molecule has 0 saturated heterocycles. The summed E-state index contributed by atoms with van der Waals surface area (Å²) in [4.78, 5) is 1.37. The molecule has 19 heavy (non-hydrogen) atoms. The summed E-state index contributed by atoms with van der Waals surface area (Å²) in [5.74, 6) is 0. The Morgan fingerprint density at radius 1 is 0.789 bits per heavy atom. The SMILES string of the molecule is CSc1ccc(CCCCCCCCCCBr)cc1. The molecule has 0 aliphatic rings. The number of aryl methyl sites for hydroxylation is 1. The average Bonchev–Trinajstić information content (AvgIpc) is 2.46. The fourth-order valence-electron chi connectivity index (χ4n) is 2.28. The molecule has 0 aromatic heterocycles. The minimum absolute atomic E-state index is 1.17. The molecule has 0 unspecified atom stereocenters. The van der Waals surface area contributed by atoms with Crippen molar-refractivity contribution in [2.75, 3.05) is 11.6 Å². The van der Waals surface area contributed by atoms with Crippen LogP contribution in [0.25, 0.3) is 0 Å². The van der Waals surface area contributed by atoms with Gasteiger partial charge in [0, 0.05) is 10.2 Å². The number of alkyl halides is 1. The second kappa shape index (κ2) is 11.8. The van der Waals surface area contributed by atoms with Crippen LogP contribution in [-0.2, 0) is 6.42 Å². The summed E-state index contributed by atoms with van der Waals surface area (Å²) in [6.45, 7) is 0. The summed E-state index contributed by atoms with van der Waals surface area (Å²) >= 11 is 5.30. The topological polar surface area (TPSA) is 0 Å². The van der Waals surface area contributed by atoms with Crippen molar-refractivity contribution in [2.45, 2.75) is 62.7 Å². The first kappa shape index (κ1) is 17.1. The predicted molar refractivity (Wildman–Crippen MR) is 92.7 cm³/mol. The van der Waals surface area contributed by atoms with Gasteiger partial charge in [-0.05, 0) is 43.2 Å². The third kappa shape index (κ3) is 8.75. The van der Waals surface area contributed by atoms with Crippen molar-refractivity contribution in [3.8, 4) is 0 Å². The van der Waals surface area contributed by atoms with Crippen molar-refractivity contribution >= 4 is 27.7 Å². The van der Waals surface area contributed by atoms with E-state index in [1.165, 1.54) is 73.6 Å². The molecule has 1 aromatic carbocycles. The molecule has 0 saturated carbocycles. The van der Waals surface area contributed by atoms with Gasteiger partial charge in [0.15, 0.2) is 0 Å². The molecule has 0 atom stereocenters. The van der Waals surface area contributed by atoms with Crippen LogP contribution in [0.5, 0.6) is 0 Å². The quantitative estimate of drug-likeness (QED) is 0.252. The normalized spacial score (nSPS) is 10.8. The molecule has 0 radical (unpaired) electrons. The van der Waals surface area contributed by atoms with E-state index in [-0.39, 0.29) is 0 Å². The van der Waals surface area contributed by atoms with Gasteiger partial charge < -0.3 is 0 Å². The van der Waals surface area contributed by atoms with Crippen molar-refractivity contribution in [1.82, 2.24) is 0 Å². The fourth-order valence-corrected chi connectivity index (χ4v) is 3.08. The van der Waals surface area contributed by atoms with Gasteiger partial charge in [0.05, 0.1) is 0 Å². The summed E-state index contributed by atoms with van der Waals surface area (Å²) in [6.07, 6.45) is 14.5. The second-order valence-electron chi connectivity index (χ2n) is 5.12. The zero-order valence-corrected chi connectivity index (χ0v) is 14.6. The van der Waals surface area contributed by atoms with Crippen LogP contribution in [0.3, 0.4) is 0 Å². The lowest BCUT2D eigenvalue weighted by atomic mass is 10.0. The van der Waals surface area contributed by atoms with Crippen LogP contribution in [0.4, 0.5) is 0 Å². The fraction of sp³-hybridized carbons (Fsp3) is 0.647. The molecule has 1 rings (SSSR count). The van der Waals surface area contributed by atoms with Crippen molar-refractivity contribution < 1.29 is 0 Å². The van der Waals surface area contributed by atoms with Crippen LogP contribution in [0.1, 0.15) is 56.9 Å². The molecular formula is C17H27BrS. The van der Waals surface area contributed by atoms with Gasteiger partial charge in [0.1, 0.15) is 0 Å². The minimum atomic E-state index is 1.17. The number of unbranched alkanes of at least 4 members (excludes halogenated alkanes) is 7. The molecule has 2 heteroatoms. The maximum Gasteiger partial charge on any atom is 0.00693 e. The minimum Gasteiger partial charge on any atom is -0.130 e. The van der Waals surface area contributed by atoms with Gasteiger partial charge in [-0.15, -0.1) is 11.8 Å². The molecule has 0 amide bonds. The summed E-state index contributed by atoms with van der Waals surface area (Å²) < 4.78 is 0. The maximum atomic E-state index is 3.48. The average molecular weight is 343 g/mol. The smallest absolute Gasteiger partial charge is 0.00693 e. The van der Waals surface area contributed by atoms with E-state index in [0.717, 1.165) is 0 Å². The Labute approximate surface area is 131 Å². The molecule has 1 aromatic rings. The lowest BCUT2D eigenvalue weighted by Gasteiger charge is -2.03. The molecular weight excluding hydrogens is 316 g/mol. The Hall–Kier alpha value is 0.0500. The summed E-state index contributed by atoms with van der Waals surface area (Å²) in [7, 11) is 0. The molecule has 0 N–H and O–H groups in total. The first-order chi connectivity index (χ1) is 9.36. The van der Waals surface area contributed by atoms with E-state index in [1.54, 1.807) is 0 Å². The highest BCUT2D eigenvalue weighted by Gasteiger charge is 1.95. The lowest BCUT2D eigenvalue weighted by Crippen LogP contribution is -1.86. The van der Waals surface area contributed by atoms with E-state index in [2.05, 4.69) is 46.5 Å². The van der Waals surface area contributed by atoms with Crippen LogP contribution in [0.2, 0.25) is 0 Å². The molecule has 0 heterocycles. The Balaban J connectivity index is 1.95. The largest absolute Gasteiger partial charge is 0.130 e. The van der Waals surface area contributed by atoms with Gasteiger partial charge in [-0.3, -0.25) is 0 Å². The number of rotatable bonds is 11. The first-order valence-corrected chi connectivity index (χ1v) is 9.90. The molecule has 0 aliphatic heterocycles. The van der Waals surface area contributed by atoms with Crippen LogP contribution in [0.15, 0.2) is 29.2 Å². The number of benzene rings is 1. The molecule has 0 spiro atoms. The van der Waals surface area contributed by atoms with Crippen LogP contribution < -0.4 is 0 Å². The van der Waals surface area contributed by atoms with E-state index in [1.807, 2.05) is 11.8 Å². The van der Waals surface area contributed by atoms with Gasteiger partial charge in [0.25, 0.3) is 0 Å². The van der Waals surface area contributed by atoms with E-state index in [4.69, 9.17) is 0 Å². The molecule has 0 aliphatic carbocycles. The monoisotopic (exact) mass is 342 g/mol. The molecule has 0 nitrogen and oxygen atoms in total. The highest BCUT2D eigenvalue weighted by molar-refractivity contribution is 9.09. The maximum absolute atomic E-state index is 3.48. The van der Waals surface area contributed by atoms with Crippen LogP contribution in [0, 0.1) is 0 Å². The number of halogens is 1. The Kier molecular flexibility index (Phi) is 10.7. The second-order valence-corrected chi connectivity index (χ2v) is 6.79. The first-order valence-electron chi connectivity index (χ1n) is 7.55. The number of hydrogen-bond acceptors (Lipinski definition) is 1. The summed E-state index contributed by atoms with van der Waals surface area (Å²) in [5, 5.41) is 1.17. The number of hydrogen-bond donors (Lipinski definition) is 0. The Bertz CT molecular complexity index is 308. The third-order valence-electron chi connectivity index (χ3n) is 3.51. The van der Waals surface area contributed by atoms with Crippen LogP contribution in [-0.4, -0.2) is 11.6 Å². The van der Waals surface area contributed by atoms with Gasteiger partial charge in [-0.1, -0.05) is 66.6 Å². The van der Waals surface area contributed by atoms with E-state index in [0.29, 0.717) is 0 Å². The Morgan fingerprint density at radius 3 is 1.84 bits per heavy atom. The van der Waals surface area contributed by atoms with E-state index < -0.39 is 0 Å². The van der Waals surface area contributed by atoms with E-state index >= 15 is 0 Å².